The van der Waals surface area contributed by atoms with E-state index in [-0.39, 0.29) is 18.3 Å². The van der Waals surface area contributed by atoms with Crippen molar-refractivity contribution in [3.8, 4) is 0 Å². The number of rotatable bonds is 7. The number of likely N-dealkylation sites (N-methyl/N-ethyl adjacent to an activating group) is 1. The van der Waals surface area contributed by atoms with Crippen LogP contribution in [0, 0.1) is 0 Å². The Morgan fingerprint density at radius 2 is 2.24 bits per heavy atom. The maximum Gasteiger partial charge on any atom is 0.355 e. The molecule has 21 heavy (non-hydrogen) atoms. The fourth-order valence-electron chi connectivity index (χ4n) is 1.93. The molecule has 7 nitrogen and oxygen atoms in total. The van der Waals surface area contributed by atoms with Gasteiger partial charge in [-0.1, -0.05) is 0 Å². The Hall–Kier alpha value is -1.67. The first-order valence-electron chi connectivity index (χ1n) is 6.88. The van der Waals surface area contributed by atoms with Crippen molar-refractivity contribution in [3.63, 3.8) is 0 Å². The third-order valence-electron chi connectivity index (χ3n) is 3.55. The summed E-state index contributed by atoms with van der Waals surface area (Å²) < 4.78 is 0. The van der Waals surface area contributed by atoms with Gasteiger partial charge >= 0.3 is 12.0 Å². The van der Waals surface area contributed by atoms with Crippen LogP contribution >= 0.6 is 11.3 Å². The average molecular weight is 312 g/mol. The molecule has 8 heteroatoms. The third kappa shape index (κ3) is 4.68. The van der Waals surface area contributed by atoms with E-state index in [1.54, 1.807) is 0 Å². The van der Waals surface area contributed by atoms with Crippen LogP contribution in [0.15, 0.2) is 5.38 Å². The molecule has 0 bridgehead atoms. The molecule has 3 N–H and O–H groups in total. The van der Waals surface area contributed by atoms with Crippen LogP contribution in [-0.2, 0) is 6.54 Å². The van der Waals surface area contributed by atoms with E-state index in [0.717, 1.165) is 0 Å². The zero-order valence-electron chi connectivity index (χ0n) is 12.1. The molecular formula is C13H20N4O3S. The van der Waals surface area contributed by atoms with Crippen molar-refractivity contribution in [3.05, 3.63) is 16.1 Å². The van der Waals surface area contributed by atoms with Crippen molar-refractivity contribution >= 4 is 23.3 Å². The minimum absolute atomic E-state index is 0.0110. The van der Waals surface area contributed by atoms with Gasteiger partial charge < -0.3 is 15.7 Å². The van der Waals surface area contributed by atoms with Crippen molar-refractivity contribution in [2.24, 2.45) is 0 Å². The fourth-order valence-corrected chi connectivity index (χ4v) is 2.64. The normalized spacial score (nSPS) is 15.8. The van der Waals surface area contributed by atoms with Crippen LogP contribution in [-0.4, -0.2) is 52.7 Å². The average Bonchev–Trinajstić information content (AvgIpc) is 3.19. The van der Waals surface area contributed by atoms with E-state index in [0.29, 0.717) is 23.6 Å². The van der Waals surface area contributed by atoms with Gasteiger partial charge in [0, 0.05) is 24.0 Å². The molecule has 116 valence electrons. The summed E-state index contributed by atoms with van der Waals surface area (Å²) in [7, 11) is 2.07. The minimum atomic E-state index is -1.06. The summed E-state index contributed by atoms with van der Waals surface area (Å²) in [5.41, 5.74) is 0.0110. The number of hydrogen-bond donors (Lipinski definition) is 3. The smallest absolute Gasteiger partial charge is 0.355 e. The number of urea groups is 1. The van der Waals surface area contributed by atoms with Gasteiger partial charge in [0.1, 0.15) is 5.01 Å². The van der Waals surface area contributed by atoms with E-state index in [4.69, 9.17) is 5.11 Å². The van der Waals surface area contributed by atoms with Crippen LogP contribution < -0.4 is 10.6 Å². The summed E-state index contributed by atoms with van der Waals surface area (Å²) in [6.45, 7) is 2.90. The van der Waals surface area contributed by atoms with E-state index in [2.05, 4.69) is 34.5 Å². The van der Waals surface area contributed by atoms with Gasteiger partial charge in [0.05, 0.1) is 6.54 Å². The number of nitrogens with zero attached hydrogens (tertiary/aromatic N) is 2. The third-order valence-corrected chi connectivity index (χ3v) is 4.40. The van der Waals surface area contributed by atoms with E-state index in [1.165, 1.54) is 29.6 Å². The lowest BCUT2D eigenvalue weighted by molar-refractivity contribution is 0.0691. The van der Waals surface area contributed by atoms with Crippen molar-refractivity contribution in [1.82, 2.24) is 20.5 Å². The van der Waals surface area contributed by atoms with Crippen molar-refractivity contribution in [2.45, 2.75) is 38.4 Å². The predicted molar refractivity (Wildman–Crippen MR) is 79.6 cm³/mol. The highest BCUT2D eigenvalue weighted by Crippen LogP contribution is 2.26. The minimum Gasteiger partial charge on any atom is -0.476 e. The lowest BCUT2D eigenvalue weighted by Crippen LogP contribution is -2.44. The molecule has 1 heterocycles. The number of carbonyl (C=O) groups excluding carboxylic acids is 1. The molecule has 0 spiro atoms. The lowest BCUT2D eigenvalue weighted by Gasteiger charge is -2.24. The fraction of sp³-hybridized carbons (Fsp3) is 0.615. The number of amides is 2. The van der Waals surface area contributed by atoms with Crippen LogP contribution in [0.2, 0.25) is 0 Å². The number of aromatic carboxylic acids is 1. The first-order valence-corrected chi connectivity index (χ1v) is 7.76. The van der Waals surface area contributed by atoms with Crippen LogP contribution in [0.3, 0.4) is 0 Å². The quantitative estimate of drug-likeness (QED) is 0.701. The summed E-state index contributed by atoms with van der Waals surface area (Å²) in [5, 5.41) is 16.3. The topological polar surface area (TPSA) is 94.6 Å². The Labute approximate surface area is 127 Å². The maximum atomic E-state index is 11.7. The Balaban J connectivity index is 1.67. The molecule has 1 fully saturated rings. The number of carboxylic acids is 1. The molecule has 1 aromatic heterocycles. The van der Waals surface area contributed by atoms with Gasteiger partial charge in [-0.2, -0.15) is 0 Å². The molecule has 1 atom stereocenters. The standard InChI is InChI=1S/C13H20N4O3S/c1-8(17(2)9-3-4-9)5-14-13(20)15-6-11-16-10(7-21-11)12(18)19/h7-9H,3-6H2,1-2H3,(H,18,19)(H2,14,15,20). The van der Waals surface area contributed by atoms with Gasteiger partial charge in [-0.15, -0.1) is 11.3 Å². The van der Waals surface area contributed by atoms with E-state index < -0.39 is 5.97 Å². The van der Waals surface area contributed by atoms with Gasteiger partial charge in [-0.25, -0.2) is 14.6 Å². The molecule has 1 unspecified atom stereocenters. The maximum absolute atomic E-state index is 11.7. The second-order valence-corrected chi connectivity index (χ2v) is 6.18. The molecule has 2 amide bonds. The SMILES string of the molecule is CC(CNC(=O)NCc1nc(C(=O)O)cs1)N(C)C1CC1. The highest BCUT2D eigenvalue weighted by atomic mass is 32.1. The van der Waals surface area contributed by atoms with E-state index in [9.17, 15) is 9.59 Å². The largest absolute Gasteiger partial charge is 0.476 e. The van der Waals surface area contributed by atoms with Gasteiger partial charge in [-0.3, -0.25) is 4.90 Å². The van der Waals surface area contributed by atoms with Gasteiger partial charge in [0.15, 0.2) is 5.69 Å². The molecule has 1 aliphatic rings. The van der Waals surface area contributed by atoms with Gasteiger partial charge in [-0.05, 0) is 26.8 Å². The van der Waals surface area contributed by atoms with E-state index in [1.807, 2.05) is 0 Å². The molecule has 1 aliphatic carbocycles. The number of nitrogens with one attached hydrogen (secondary N) is 2. The summed E-state index contributed by atoms with van der Waals surface area (Å²) >= 11 is 1.22. The highest BCUT2D eigenvalue weighted by molar-refractivity contribution is 7.09. The summed E-state index contributed by atoms with van der Waals surface area (Å²) in [6.07, 6.45) is 2.48. The van der Waals surface area contributed by atoms with Crippen LogP contribution in [0.4, 0.5) is 4.79 Å². The predicted octanol–water partition coefficient (Wildman–Crippen LogP) is 1.12. The van der Waals surface area contributed by atoms with Gasteiger partial charge in [0.25, 0.3) is 0 Å². The molecule has 1 saturated carbocycles. The lowest BCUT2D eigenvalue weighted by atomic mass is 10.3. The van der Waals surface area contributed by atoms with Crippen molar-refractivity contribution in [1.29, 1.82) is 0 Å². The Morgan fingerprint density at radius 1 is 1.52 bits per heavy atom. The second-order valence-electron chi connectivity index (χ2n) is 5.24. The first kappa shape index (κ1) is 15.7. The Morgan fingerprint density at radius 3 is 2.81 bits per heavy atom. The molecular weight excluding hydrogens is 292 g/mol. The molecule has 2 rings (SSSR count). The molecule has 0 saturated heterocycles. The number of aromatic nitrogens is 1. The number of hydrogen-bond acceptors (Lipinski definition) is 5. The summed E-state index contributed by atoms with van der Waals surface area (Å²) in [4.78, 5) is 28.6. The van der Waals surface area contributed by atoms with E-state index >= 15 is 0 Å². The van der Waals surface area contributed by atoms with Crippen LogP contribution in [0.25, 0.3) is 0 Å². The summed E-state index contributed by atoms with van der Waals surface area (Å²) in [6, 6.07) is 0.689. The second kappa shape index (κ2) is 6.86. The van der Waals surface area contributed by atoms with Gasteiger partial charge in [0.2, 0.25) is 0 Å². The van der Waals surface area contributed by atoms with Crippen LogP contribution in [0.5, 0.6) is 0 Å². The Bertz CT molecular complexity index is 515. The highest BCUT2D eigenvalue weighted by Gasteiger charge is 2.29. The monoisotopic (exact) mass is 312 g/mol. The number of carboxylic acid groups (broad SMARTS) is 1. The van der Waals surface area contributed by atoms with Crippen molar-refractivity contribution < 1.29 is 14.7 Å². The molecule has 0 aliphatic heterocycles. The zero-order chi connectivity index (χ0) is 15.4. The summed E-state index contributed by atoms with van der Waals surface area (Å²) in [5.74, 6) is -1.06. The molecule has 1 aromatic rings. The first-order chi connectivity index (χ1) is 9.97. The zero-order valence-corrected chi connectivity index (χ0v) is 12.9. The van der Waals surface area contributed by atoms with Crippen LogP contribution in [0.1, 0.15) is 35.3 Å². The Kier molecular flexibility index (Phi) is 5.13. The number of carbonyl (C=O) groups is 2. The molecule has 0 radical (unpaired) electrons. The molecule has 0 aromatic carbocycles. The van der Waals surface area contributed by atoms with Crippen molar-refractivity contribution in [2.75, 3.05) is 13.6 Å². The number of thiazole rings is 1.